The van der Waals surface area contributed by atoms with Crippen molar-refractivity contribution in [2.45, 2.75) is 28.6 Å². The maximum atomic E-state index is 2.69. The van der Waals surface area contributed by atoms with Gasteiger partial charge in [-0.3, -0.25) is 0 Å². The summed E-state index contributed by atoms with van der Waals surface area (Å²) >= 11 is 2.69. The van der Waals surface area contributed by atoms with Crippen molar-refractivity contribution in [2.75, 3.05) is 0 Å². The van der Waals surface area contributed by atoms with Gasteiger partial charge in [0.15, 0.2) is 0 Å². The summed E-state index contributed by atoms with van der Waals surface area (Å²) in [6.07, 6.45) is 0. The van der Waals surface area contributed by atoms with Gasteiger partial charge in [-0.1, -0.05) is 133 Å². The minimum atomic E-state index is -1.67. The fourth-order valence-electron chi connectivity index (χ4n) is 3.98. The van der Waals surface area contributed by atoms with Gasteiger partial charge < -0.3 is 0 Å². The first-order valence-corrected chi connectivity index (χ1v) is 13.5. The fourth-order valence-corrected chi connectivity index (χ4v) is 10.9. The predicted molar refractivity (Wildman–Crippen MR) is 120 cm³/mol. The summed E-state index contributed by atoms with van der Waals surface area (Å²) in [4.78, 5) is 0. The van der Waals surface area contributed by atoms with Crippen molar-refractivity contribution in [2.24, 2.45) is 0 Å². The molecular formula is C23H25ISi. The highest BCUT2D eigenvalue weighted by atomic mass is 127. The van der Waals surface area contributed by atoms with Crippen LogP contribution in [0.5, 0.6) is 0 Å². The molecule has 3 rings (SSSR count). The summed E-state index contributed by atoms with van der Waals surface area (Å²) in [6, 6.07) is 33.2. The van der Waals surface area contributed by atoms with E-state index in [9.17, 15) is 0 Å². The molecule has 0 fully saturated rings. The van der Waals surface area contributed by atoms with E-state index in [1.54, 1.807) is 0 Å². The first-order chi connectivity index (χ1) is 12.0. The zero-order chi connectivity index (χ0) is 17.9. The van der Waals surface area contributed by atoms with E-state index in [-0.39, 0.29) is 5.04 Å². The highest BCUT2D eigenvalue weighted by Crippen LogP contribution is 2.53. The van der Waals surface area contributed by atoms with Gasteiger partial charge in [-0.25, -0.2) is 0 Å². The lowest BCUT2D eigenvalue weighted by Gasteiger charge is -2.48. The van der Waals surface area contributed by atoms with Gasteiger partial charge in [0.1, 0.15) is 0 Å². The van der Waals surface area contributed by atoms with Gasteiger partial charge in [0.2, 0.25) is 0 Å². The lowest BCUT2D eigenvalue weighted by atomic mass is 9.84. The summed E-state index contributed by atoms with van der Waals surface area (Å²) in [5, 5.41) is 0.0113. The number of benzene rings is 3. The van der Waals surface area contributed by atoms with Gasteiger partial charge in [-0.05, 0) is 16.7 Å². The number of alkyl halides is 1. The van der Waals surface area contributed by atoms with Crippen LogP contribution >= 0.6 is 22.6 Å². The van der Waals surface area contributed by atoms with Crippen LogP contribution in [0.25, 0.3) is 0 Å². The first kappa shape index (κ1) is 18.4. The van der Waals surface area contributed by atoms with Gasteiger partial charge in [-0.2, -0.15) is 0 Å². The number of hydrogen-bond acceptors (Lipinski definition) is 0. The van der Waals surface area contributed by atoms with Crippen molar-refractivity contribution in [3.8, 4) is 0 Å². The molecule has 0 aliphatic carbocycles. The lowest BCUT2D eigenvalue weighted by Crippen LogP contribution is -2.53. The van der Waals surface area contributed by atoms with Gasteiger partial charge in [-0.15, -0.1) is 0 Å². The van der Waals surface area contributed by atoms with Crippen LogP contribution < -0.4 is 0 Å². The molecule has 0 saturated carbocycles. The topological polar surface area (TPSA) is 0 Å². The Morgan fingerprint density at radius 3 is 1.36 bits per heavy atom. The Bertz CT molecular complexity index is 752. The molecule has 0 aliphatic heterocycles. The summed E-state index contributed by atoms with van der Waals surface area (Å²) < 4.78 is 0.378. The van der Waals surface area contributed by atoms with Crippen molar-refractivity contribution in [3.05, 3.63) is 108 Å². The normalized spacial score (nSPS) is 13.4. The van der Waals surface area contributed by atoms with Crippen LogP contribution in [0.3, 0.4) is 0 Å². The molecule has 0 aromatic heterocycles. The average Bonchev–Trinajstić information content (AvgIpc) is 2.63. The second-order valence-electron chi connectivity index (χ2n) is 7.56. The predicted octanol–water partition coefficient (Wildman–Crippen LogP) is 7.03. The molecule has 0 nitrogen and oxygen atoms in total. The highest BCUT2D eigenvalue weighted by molar-refractivity contribution is 14.1. The van der Waals surface area contributed by atoms with Gasteiger partial charge in [0.25, 0.3) is 0 Å². The van der Waals surface area contributed by atoms with Gasteiger partial charge in [0.05, 0.1) is 8.07 Å². The molecule has 2 heteroatoms. The zero-order valence-corrected chi connectivity index (χ0v) is 18.3. The van der Waals surface area contributed by atoms with Crippen molar-refractivity contribution in [1.29, 1.82) is 0 Å². The molecule has 0 N–H and O–H groups in total. The van der Waals surface area contributed by atoms with E-state index >= 15 is 0 Å². The van der Waals surface area contributed by atoms with E-state index in [1.165, 1.54) is 16.7 Å². The molecule has 0 bridgehead atoms. The summed E-state index contributed by atoms with van der Waals surface area (Å²) in [5.74, 6) is 0. The molecule has 25 heavy (non-hydrogen) atoms. The van der Waals surface area contributed by atoms with Crippen LogP contribution in [-0.2, 0) is 5.04 Å². The molecule has 1 unspecified atom stereocenters. The Hall–Kier alpha value is -1.39. The molecule has 0 radical (unpaired) electrons. The summed E-state index contributed by atoms with van der Waals surface area (Å²) in [6.45, 7) is 7.50. The second kappa shape index (κ2) is 7.46. The monoisotopic (exact) mass is 456 g/mol. The highest BCUT2D eigenvalue weighted by Gasteiger charge is 2.51. The van der Waals surface area contributed by atoms with Crippen LogP contribution in [0.4, 0.5) is 0 Å². The summed E-state index contributed by atoms with van der Waals surface area (Å²) in [7, 11) is -1.67. The minimum absolute atomic E-state index is 0.0113. The standard InChI is InChI=1S/C23H25ISi/c1-25(2,3)23(20-15-9-5-10-16-20,21-17-11-6-12-18-21)22(24)19-13-7-4-8-14-19/h4-18,22H,1-3H3. The van der Waals surface area contributed by atoms with Gasteiger partial charge >= 0.3 is 0 Å². The smallest absolute Gasteiger partial charge is 0.0630 e. The van der Waals surface area contributed by atoms with E-state index in [0.29, 0.717) is 3.92 Å². The molecule has 0 spiro atoms. The molecule has 0 amide bonds. The van der Waals surface area contributed by atoms with Crippen molar-refractivity contribution >= 4 is 30.7 Å². The average molecular weight is 456 g/mol. The van der Waals surface area contributed by atoms with E-state index < -0.39 is 8.07 Å². The third-order valence-corrected chi connectivity index (χ3v) is 10.6. The number of halogens is 1. The molecule has 3 aromatic rings. The molecule has 0 heterocycles. The van der Waals surface area contributed by atoms with E-state index in [0.717, 1.165) is 0 Å². The number of hydrogen-bond donors (Lipinski definition) is 0. The molecule has 0 aliphatic rings. The number of rotatable bonds is 5. The minimum Gasteiger partial charge on any atom is -0.0764 e. The Kier molecular flexibility index (Phi) is 5.49. The SMILES string of the molecule is C[Si](C)(C)C(c1ccccc1)(c1ccccc1)C(I)c1ccccc1. The lowest BCUT2D eigenvalue weighted by molar-refractivity contribution is 0.687. The van der Waals surface area contributed by atoms with Crippen molar-refractivity contribution < 1.29 is 0 Å². The third-order valence-electron chi connectivity index (χ3n) is 5.11. The second-order valence-corrected chi connectivity index (χ2v) is 14.1. The Morgan fingerprint density at radius 2 is 1.00 bits per heavy atom. The molecule has 1 atom stereocenters. The van der Waals surface area contributed by atoms with Crippen LogP contribution in [0.2, 0.25) is 19.6 Å². The molecule has 0 saturated heterocycles. The van der Waals surface area contributed by atoms with Crippen LogP contribution in [0.1, 0.15) is 20.6 Å². The third kappa shape index (κ3) is 3.34. The van der Waals surface area contributed by atoms with Crippen molar-refractivity contribution in [1.82, 2.24) is 0 Å². The quantitative estimate of drug-likeness (QED) is 0.220. The van der Waals surface area contributed by atoms with Crippen LogP contribution in [-0.4, -0.2) is 8.07 Å². The maximum Gasteiger partial charge on any atom is 0.0630 e. The van der Waals surface area contributed by atoms with Crippen LogP contribution in [0.15, 0.2) is 91.0 Å². The maximum absolute atomic E-state index is 2.69. The van der Waals surface area contributed by atoms with Gasteiger partial charge in [0, 0.05) is 8.96 Å². The zero-order valence-electron chi connectivity index (χ0n) is 15.1. The van der Waals surface area contributed by atoms with E-state index in [1.807, 2.05) is 0 Å². The fraction of sp³-hybridized carbons (Fsp3) is 0.217. The Morgan fingerprint density at radius 1 is 0.640 bits per heavy atom. The van der Waals surface area contributed by atoms with Crippen molar-refractivity contribution in [3.63, 3.8) is 0 Å². The van der Waals surface area contributed by atoms with Crippen LogP contribution in [0, 0.1) is 0 Å². The largest absolute Gasteiger partial charge is 0.0764 e. The molecule has 128 valence electrons. The summed E-state index contributed by atoms with van der Waals surface area (Å²) in [5.41, 5.74) is 4.27. The Labute approximate surface area is 166 Å². The van der Waals surface area contributed by atoms with E-state index in [2.05, 4.69) is 133 Å². The van der Waals surface area contributed by atoms with E-state index in [4.69, 9.17) is 0 Å². The molecular weight excluding hydrogens is 431 g/mol. The first-order valence-electron chi connectivity index (χ1n) is 8.78. The molecule has 3 aromatic carbocycles. The Balaban J connectivity index is 2.34.